The van der Waals surface area contributed by atoms with Gasteiger partial charge in [-0.2, -0.15) is 0 Å². The Morgan fingerprint density at radius 2 is 1.71 bits per heavy atom. The van der Waals surface area contributed by atoms with Crippen molar-refractivity contribution >= 4 is 5.91 Å². The summed E-state index contributed by atoms with van der Waals surface area (Å²) in [6.45, 7) is 4.01. The summed E-state index contributed by atoms with van der Waals surface area (Å²) in [6, 6.07) is 14.4. The highest BCUT2D eigenvalue weighted by Crippen LogP contribution is 2.13. The van der Waals surface area contributed by atoms with Gasteiger partial charge in [-0.05, 0) is 43.5 Å². The maximum atomic E-state index is 12.8. The zero-order valence-electron chi connectivity index (χ0n) is 12.4. The van der Waals surface area contributed by atoms with Crippen molar-refractivity contribution in [1.29, 1.82) is 0 Å². The van der Waals surface area contributed by atoms with Gasteiger partial charge in [0.25, 0.3) is 0 Å². The lowest BCUT2D eigenvalue weighted by atomic mass is 10.1. The van der Waals surface area contributed by atoms with Crippen LogP contribution in [0.25, 0.3) is 0 Å². The monoisotopic (exact) mass is 285 g/mol. The van der Waals surface area contributed by atoms with Crippen molar-refractivity contribution in [3.05, 3.63) is 71.0 Å². The molecule has 0 saturated carbocycles. The van der Waals surface area contributed by atoms with Crippen LogP contribution in [0, 0.1) is 12.7 Å². The lowest BCUT2D eigenvalue weighted by Crippen LogP contribution is -2.26. The first-order valence-electron chi connectivity index (χ1n) is 7.15. The van der Waals surface area contributed by atoms with Gasteiger partial charge in [0.05, 0.1) is 6.04 Å². The molecule has 2 aromatic rings. The van der Waals surface area contributed by atoms with Crippen LogP contribution >= 0.6 is 0 Å². The van der Waals surface area contributed by atoms with E-state index < -0.39 is 0 Å². The lowest BCUT2D eigenvalue weighted by molar-refractivity contribution is -0.121. The van der Waals surface area contributed by atoms with Gasteiger partial charge in [0, 0.05) is 6.42 Å². The third-order valence-corrected chi connectivity index (χ3v) is 3.51. The summed E-state index contributed by atoms with van der Waals surface area (Å²) < 4.78 is 12.8. The number of rotatable bonds is 5. The number of benzene rings is 2. The molecule has 2 rings (SSSR count). The molecule has 0 radical (unpaired) electrons. The van der Waals surface area contributed by atoms with Gasteiger partial charge in [-0.1, -0.05) is 42.0 Å². The van der Waals surface area contributed by atoms with E-state index in [1.54, 1.807) is 12.1 Å². The standard InChI is InChI=1S/C18H20FNO/c1-13-3-8-16(9-4-13)14(2)20-18(21)12-7-15-5-10-17(19)11-6-15/h3-6,8-11,14H,7,12H2,1-2H3,(H,20,21). The molecule has 1 atom stereocenters. The average Bonchev–Trinajstić information content (AvgIpc) is 2.47. The summed E-state index contributed by atoms with van der Waals surface area (Å²) >= 11 is 0. The van der Waals surface area contributed by atoms with Gasteiger partial charge in [0.1, 0.15) is 5.82 Å². The molecule has 1 amide bonds. The number of nitrogens with one attached hydrogen (secondary N) is 1. The van der Waals surface area contributed by atoms with E-state index >= 15 is 0 Å². The van der Waals surface area contributed by atoms with Crippen molar-refractivity contribution in [3.8, 4) is 0 Å². The molecule has 1 unspecified atom stereocenters. The highest BCUT2D eigenvalue weighted by atomic mass is 19.1. The first kappa shape index (κ1) is 15.2. The minimum atomic E-state index is -0.254. The Kier molecular flexibility index (Phi) is 5.09. The van der Waals surface area contributed by atoms with Gasteiger partial charge < -0.3 is 5.32 Å². The molecule has 0 fully saturated rings. The SMILES string of the molecule is Cc1ccc(C(C)NC(=O)CCc2ccc(F)cc2)cc1. The van der Waals surface area contributed by atoms with Gasteiger partial charge in [-0.15, -0.1) is 0 Å². The van der Waals surface area contributed by atoms with Crippen LogP contribution in [0.15, 0.2) is 48.5 Å². The predicted octanol–water partition coefficient (Wildman–Crippen LogP) is 3.94. The predicted molar refractivity (Wildman–Crippen MR) is 82.5 cm³/mol. The van der Waals surface area contributed by atoms with Crippen LogP contribution in [0.1, 0.15) is 36.1 Å². The van der Waals surface area contributed by atoms with E-state index in [-0.39, 0.29) is 17.8 Å². The third-order valence-electron chi connectivity index (χ3n) is 3.51. The van der Waals surface area contributed by atoms with Crippen LogP contribution in [0.2, 0.25) is 0 Å². The van der Waals surface area contributed by atoms with Crippen LogP contribution in [0.5, 0.6) is 0 Å². The Balaban J connectivity index is 1.83. The molecule has 0 aliphatic carbocycles. The Labute approximate surface area is 125 Å². The summed E-state index contributed by atoms with van der Waals surface area (Å²) in [5.41, 5.74) is 3.26. The van der Waals surface area contributed by atoms with E-state index in [9.17, 15) is 9.18 Å². The first-order chi connectivity index (χ1) is 10.0. The molecule has 0 saturated heterocycles. The van der Waals surface area contributed by atoms with Gasteiger partial charge >= 0.3 is 0 Å². The van der Waals surface area contributed by atoms with Crippen molar-refractivity contribution in [3.63, 3.8) is 0 Å². The normalized spacial score (nSPS) is 12.0. The number of carbonyl (C=O) groups excluding carboxylic acids is 1. The topological polar surface area (TPSA) is 29.1 Å². The largest absolute Gasteiger partial charge is 0.350 e. The van der Waals surface area contributed by atoms with E-state index in [0.717, 1.165) is 11.1 Å². The van der Waals surface area contributed by atoms with E-state index in [2.05, 4.69) is 5.32 Å². The van der Waals surface area contributed by atoms with Gasteiger partial charge in [-0.25, -0.2) is 4.39 Å². The molecule has 0 heterocycles. The smallest absolute Gasteiger partial charge is 0.220 e. The molecule has 2 nitrogen and oxygen atoms in total. The van der Waals surface area contributed by atoms with Crippen LogP contribution in [-0.4, -0.2) is 5.91 Å². The Bertz CT molecular complexity index is 590. The van der Waals surface area contributed by atoms with Crippen molar-refractivity contribution in [1.82, 2.24) is 5.32 Å². The Morgan fingerprint density at radius 1 is 1.10 bits per heavy atom. The van der Waals surface area contributed by atoms with Gasteiger partial charge in [0.2, 0.25) is 5.91 Å². The first-order valence-corrected chi connectivity index (χ1v) is 7.15. The van der Waals surface area contributed by atoms with E-state index in [4.69, 9.17) is 0 Å². The molecule has 2 aromatic carbocycles. The van der Waals surface area contributed by atoms with Crippen LogP contribution in [0.4, 0.5) is 4.39 Å². The fourth-order valence-electron chi connectivity index (χ4n) is 2.16. The number of halogens is 1. The molecular weight excluding hydrogens is 265 g/mol. The highest BCUT2D eigenvalue weighted by molar-refractivity contribution is 5.76. The van der Waals surface area contributed by atoms with Crippen molar-refractivity contribution in [2.45, 2.75) is 32.7 Å². The number of amides is 1. The Hall–Kier alpha value is -2.16. The molecule has 110 valence electrons. The van der Waals surface area contributed by atoms with Gasteiger partial charge in [-0.3, -0.25) is 4.79 Å². The summed E-state index contributed by atoms with van der Waals surface area (Å²) in [4.78, 5) is 11.9. The summed E-state index contributed by atoms with van der Waals surface area (Å²) in [5.74, 6) is -0.247. The highest BCUT2D eigenvalue weighted by Gasteiger charge is 2.09. The lowest BCUT2D eigenvalue weighted by Gasteiger charge is -2.14. The van der Waals surface area contributed by atoms with Crippen molar-refractivity contribution < 1.29 is 9.18 Å². The van der Waals surface area contributed by atoms with E-state index in [1.165, 1.54) is 17.7 Å². The molecule has 3 heteroatoms. The molecule has 0 aliphatic rings. The number of carbonyl (C=O) groups is 1. The van der Waals surface area contributed by atoms with E-state index in [0.29, 0.717) is 12.8 Å². The summed E-state index contributed by atoms with van der Waals surface area (Å²) in [7, 11) is 0. The average molecular weight is 285 g/mol. The van der Waals surface area contributed by atoms with Crippen LogP contribution in [-0.2, 0) is 11.2 Å². The second-order valence-electron chi connectivity index (χ2n) is 5.33. The maximum Gasteiger partial charge on any atom is 0.220 e. The van der Waals surface area contributed by atoms with E-state index in [1.807, 2.05) is 38.1 Å². The maximum absolute atomic E-state index is 12.8. The third kappa shape index (κ3) is 4.71. The summed E-state index contributed by atoms with van der Waals surface area (Å²) in [6.07, 6.45) is 1.02. The number of aryl methyl sites for hydroxylation is 2. The van der Waals surface area contributed by atoms with Crippen molar-refractivity contribution in [2.24, 2.45) is 0 Å². The second kappa shape index (κ2) is 7.02. The van der Waals surface area contributed by atoms with Gasteiger partial charge in [0.15, 0.2) is 0 Å². The second-order valence-corrected chi connectivity index (χ2v) is 5.33. The molecule has 21 heavy (non-hydrogen) atoms. The molecule has 1 N–H and O–H groups in total. The van der Waals surface area contributed by atoms with Crippen LogP contribution < -0.4 is 5.32 Å². The molecule has 0 spiro atoms. The fraction of sp³-hybridized carbons (Fsp3) is 0.278. The molecule has 0 bridgehead atoms. The molecule has 0 aliphatic heterocycles. The summed E-state index contributed by atoms with van der Waals surface area (Å²) in [5, 5.41) is 2.98. The Morgan fingerprint density at radius 3 is 2.33 bits per heavy atom. The van der Waals surface area contributed by atoms with Crippen molar-refractivity contribution in [2.75, 3.05) is 0 Å². The van der Waals surface area contributed by atoms with Crippen LogP contribution in [0.3, 0.4) is 0 Å². The minimum Gasteiger partial charge on any atom is -0.350 e. The molecular formula is C18H20FNO. The number of hydrogen-bond donors (Lipinski definition) is 1. The minimum absolute atomic E-state index is 0.00685. The quantitative estimate of drug-likeness (QED) is 0.885. The fourth-order valence-corrected chi connectivity index (χ4v) is 2.16. The zero-order valence-corrected chi connectivity index (χ0v) is 12.4. The number of hydrogen-bond acceptors (Lipinski definition) is 1. The zero-order chi connectivity index (χ0) is 15.2. The molecule has 0 aromatic heterocycles.